The van der Waals surface area contributed by atoms with Crippen molar-refractivity contribution >= 4 is 23.2 Å². The number of amidine groups is 1. The van der Waals surface area contributed by atoms with Gasteiger partial charge in [0, 0.05) is 12.4 Å². The zero-order valence-corrected chi connectivity index (χ0v) is 11.1. The van der Waals surface area contributed by atoms with Crippen molar-refractivity contribution in [3.05, 3.63) is 54.9 Å². The molecule has 0 bridgehead atoms. The van der Waals surface area contributed by atoms with Crippen LogP contribution in [-0.4, -0.2) is 16.8 Å². The summed E-state index contributed by atoms with van der Waals surface area (Å²) in [4.78, 5) is 12.5. The van der Waals surface area contributed by atoms with Crippen molar-refractivity contribution in [3.63, 3.8) is 0 Å². The number of para-hydroxylation sites is 1. The minimum Gasteiger partial charge on any atom is -0.387 e. The molecule has 1 aromatic carbocycles. The molecule has 2 aromatic rings. The van der Waals surface area contributed by atoms with E-state index in [9.17, 15) is 0 Å². The number of hydrogen-bond acceptors (Lipinski definition) is 3. The van der Waals surface area contributed by atoms with Crippen LogP contribution in [0, 0.1) is 0 Å². The van der Waals surface area contributed by atoms with Crippen LogP contribution in [0.3, 0.4) is 0 Å². The van der Waals surface area contributed by atoms with Crippen molar-refractivity contribution in [2.24, 2.45) is 15.7 Å². The lowest BCUT2D eigenvalue weighted by atomic mass is 10.3. The van der Waals surface area contributed by atoms with Crippen LogP contribution < -0.4 is 16.6 Å². The van der Waals surface area contributed by atoms with Crippen molar-refractivity contribution in [1.29, 1.82) is 0 Å². The first-order chi connectivity index (χ1) is 9.74. The Kier molecular flexibility index (Phi) is 4.66. The normalized spacial score (nSPS) is 12.1. The number of pyridine rings is 1. The lowest BCUT2D eigenvalue weighted by Gasteiger charge is -2.09. The maximum absolute atomic E-state index is 5.61. The average Bonchev–Trinajstić information content (AvgIpc) is 2.46. The zero-order valence-electron chi connectivity index (χ0n) is 11.1. The Morgan fingerprint density at radius 1 is 1.10 bits per heavy atom. The van der Waals surface area contributed by atoms with Crippen LogP contribution in [0.15, 0.2) is 64.8 Å². The topological polar surface area (TPSA) is 87.7 Å². The highest BCUT2D eigenvalue weighted by molar-refractivity contribution is 5.95. The Morgan fingerprint density at radius 2 is 1.80 bits per heavy atom. The lowest BCUT2D eigenvalue weighted by Crippen LogP contribution is -2.29. The molecule has 0 amide bonds. The van der Waals surface area contributed by atoms with Gasteiger partial charge in [0.1, 0.15) is 0 Å². The Balaban J connectivity index is 2.12. The monoisotopic (exact) mass is 268 g/mol. The Hall–Kier alpha value is -2.89. The summed E-state index contributed by atoms with van der Waals surface area (Å²) in [5.41, 5.74) is 13.2. The summed E-state index contributed by atoms with van der Waals surface area (Å²) in [6, 6.07) is 13.2. The standard InChI is InChI=1S/C14H16N6/c1-11(15)17-14(18-12-5-3-2-4-6-12)20-19-13-7-9-16-10-8-13/h2-10H,1H3,(H,16,19)(H3,15,17,18,20). The number of nitrogens with zero attached hydrogens (tertiary/aromatic N) is 3. The summed E-state index contributed by atoms with van der Waals surface area (Å²) in [5.74, 6) is 0.803. The van der Waals surface area contributed by atoms with E-state index in [0.717, 1.165) is 11.4 Å². The van der Waals surface area contributed by atoms with Gasteiger partial charge in [-0.1, -0.05) is 18.2 Å². The van der Waals surface area contributed by atoms with E-state index in [1.807, 2.05) is 42.5 Å². The van der Waals surface area contributed by atoms with Crippen molar-refractivity contribution in [3.8, 4) is 0 Å². The maximum atomic E-state index is 5.61. The number of guanidine groups is 1. The highest BCUT2D eigenvalue weighted by atomic mass is 15.4. The largest absolute Gasteiger partial charge is 0.387 e. The van der Waals surface area contributed by atoms with E-state index >= 15 is 0 Å². The maximum Gasteiger partial charge on any atom is 0.243 e. The fraction of sp³-hybridized carbons (Fsp3) is 0.0714. The molecule has 20 heavy (non-hydrogen) atoms. The first-order valence-electron chi connectivity index (χ1n) is 6.10. The molecule has 6 nitrogen and oxygen atoms in total. The predicted octanol–water partition coefficient (Wildman–Crippen LogP) is 2.06. The number of hydrazine groups is 1. The fourth-order valence-corrected chi connectivity index (χ4v) is 1.44. The van der Waals surface area contributed by atoms with Gasteiger partial charge in [-0.15, -0.1) is 0 Å². The van der Waals surface area contributed by atoms with Crippen LogP contribution in [0.5, 0.6) is 0 Å². The molecule has 1 heterocycles. The number of nitrogens with two attached hydrogens (primary N) is 1. The highest BCUT2D eigenvalue weighted by Gasteiger charge is 1.98. The Labute approximate surface area is 117 Å². The van der Waals surface area contributed by atoms with E-state index in [-0.39, 0.29) is 0 Å². The molecule has 0 aliphatic rings. The summed E-state index contributed by atoms with van der Waals surface area (Å²) in [6.45, 7) is 1.70. The van der Waals surface area contributed by atoms with Crippen LogP contribution in [0.2, 0.25) is 0 Å². The van der Waals surface area contributed by atoms with E-state index in [4.69, 9.17) is 5.73 Å². The second-order valence-electron chi connectivity index (χ2n) is 4.01. The first kappa shape index (κ1) is 13.5. The van der Waals surface area contributed by atoms with Crippen molar-refractivity contribution in [2.45, 2.75) is 6.92 Å². The van der Waals surface area contributed by atoms with Crippen LogP contribution >= 0.6 is 0 Å². The molecule has 0 aliphatic heterocycles. The van der Waals surface area contributed by atoms with Crippen LogP contribution in [0.1, 0.15) is 6.92 Å². The molecule has 2 rings (SSSR count). The molecular formula is C14H16N6. The van der Waals surface area contributed by atoms with Crippen molar-refractivity contribution in [2.75, 3.05) is 5.43 Å². The number of aromatic nitrogens is 1. The lowest BCUT2D eigenvalue weighted by molar-refractivity contribution is 1.08. The van der Waals surface area contributed by atoms with Crippen LogP contribution in [0.4, 0.5) is 11.4 Å². The zero-order chi connectivity index (χ0) is 14.2. The van der Waals surface area contributed by atoms with Gasteiger partial charge in [-0.25, -0.2) is 4.99 Å². The number of aliphatic imine (C=N–C) groups is 2. The second-order valence-corrected chi connectivity index (χ2v) is 4.01. The van der Waals surface area contributed by atoms with Crippen molar-refractivity contribution in [1.82, 2.24) is 10.4 Å². The molecule has 0 saturated heterocycles. The van der Waals surface area contributed by atoms with E-state index in [1.165, 1.54) is 0 Å². The molecule has 4 N–H and O–H groups in total. The SMILES string of the molecule is CC(N)=NC(=Nc1ccccc1)NNc1ccncc1. The van der Waals surface area contributed by atoms with E-state index in [0.29, 0.717) is 11.8 Å². The molecular weight excluding hydrogens is 252 g/mol. The molecule has 0 atom stereocenters. The predicted molar refractivity (Wildman–Crippen MR) is 81.8 cm³/mol. The number of rotatable bonds is 3. The summed E-state index contributed by atoms with van der Waals surface area (Å²) in [6.07, 6.45) is 3.38. The van der Waals surface area contributed by atoms with Crippen LogP contribution in [0.25, 0.3) is 0 Å². The van der Waals surface area contributed by atoms with Gasteiger partial charge in [0.05, 0.1) is 17.2 Å². The molecule has 0 radical (unpaired) electrons. The fourth-order valence-electron chi connectivity index (χ4n) is 1.44. The van der Waals surface area contributed by atoms with Gasteiger partial charge < -0.3 is 5.73 Å². The molecule has 0 saturated carbocycles. The molecule has 102 valence electrons. The third kappa shape index (κ3) is 4.41. The number of hydrogen-bond donors (Lipinski definition) is 3. The van der Waals surface area contributed by atoms with Gasteiger partial charge in [0.15, 0.2) is 0 Å². The van der Waals surface area contributed by atoms with Gasteiger partial charge in [0.25, 0.3) is 0 Å². The minimum absolute atomic E-state index is 0.382. The van der Waals surface area contributed by atoms with E-state index in [2.05, 4.69) is 25.8 Å². The van der Waals surface area contributed by atoms with Gasteiger partial charge >= 0.3 is 0 Å². The molecule has 0 unspecified atom stereocenters. The summed E-state index contributed by atoms with van der Waals surface area (Å²) >= 11 is 0. The molecule has 0 fully saturated rings. The number of anilines is 1. The number of nitrogens with one attached hydrogen (secondary N) is 2. The van der Waals surface area contributed by atoms with E-state index in [1.54, 1.807) is 19.3 Å². The third-order valence-electron chi connectivity index (χ3n) is 2.27. The average molecular weight is 268 g/mol. The highest BCUT2D eigenvalue weighted by Crippen LogP contribution is 2.10. The summed E-state index contributed by atoms with van der Waals surface area (Å²) in [7, 11) is 0. The van der Waals surface area contributed by atoms with Gasteiger partial charge in [0.2, 0.25) is 5.96 Å². The molecule has 0 aliphatic carbocycles. The molecule has 1 aromatic heterocycles. The summed E-state index contributed by atoms with van der Waals surface area (Å²) < 4.78 is 0. The molecule has 6 heteroatoms. The Bertz CT molecular complexity index is 588. The third-order valence-corrected chi connectivity index (χ3v) is 2.27. The van der Waals surface area contributed by atoms with E-state index < -0.39 is 0 Å². The quantitative estimate of drug-likeness (QED) is 0.451. The summed E-state index contributed by atoms with van der Waals surface area (Å²) in [5, 5.41) is 0. The Morgan fingerprint density at radius 3 is 2.45 bits per heavy atom. The smallest absolute Gasteiger partial charge is 0.243 e. The van der Waals surface area contributed by atoms with Gasteiger partial charge in [-0.05, 0) is 31.2 Å². The van der Waals surface area contributed by atoms with Gasteiger partial charge in [-0.2, -0.15) is 4.99 Å². The minimum atomic E-state index is 0.382. The van der Waals surface area contributed by atoms with Crippen LogP contribution in [-0.2, 0) is 0 Å². The van der Waals surface area contributed by atoms with Crippen molar-refractivity contribution < 1.29 is 0 Å². The first-order valence-corrected chi connectivity index (χ1v) is 6.10. The second kappa shape index (κ2) is 6.89. The number of benzene rings is 1. The van der Waals surface area contributed by atoms with Gasteiger partial charge in [-0.3, -0.25) is 15.8 Å². The molecule has 0 spiro atoms.